The number of rotatable bonds is 6. The molecule has 4 heteroatoms. The normalized spacial score (nSPS) is 10.7. The number of aromatic nitrogens is 1. The van der Waals surface area contributed by atoms with Crippen LogP contribution in [0.25, 0.3) is 0 Å². The number of hydrogen-bond donors (Lipinski definition) is 1. The largest absolute Gasteiger partial charge is 0.481 e. The van der Waals surface area contributed by atoms with Crippen LogP contribution in [0, 0.1) is 6.92 Å². The molecule has 0 saturated carbocycles. The van der Waals surface area contributed by atoms with Crippen LogP contribution in [0.3, 0.4) is 0 Å². The molecule has 0 atom stereocenters. The van der Waals surface area contributed by atoms with Crippen LogP contribution in [-0.4, -0.2) is 15.6 Å². The van der Waals surface area contributed by atoms with Gasteiger partial charge in [-0.3, -0.25) is 4.79 Å². The van der Waals surface area contributed by atoms with Crippen molar-refractivity contribution in [2.24, 2.45) is 0 Å². The van der Waals surface area contributed by atoms with Gasteiger partial charge < -0.3 is 9.67 Å². The first-order valence-corrected chi connectivity index (χ1v) is 7.04. The van der Waals surface area contributed by atoms with Crippen molar-refractivity contribution in [1.29, 1.82) is 0 Å². The summed E-state index contributed by atoms with van der Waals surface area (Å²) in [5.74, 6) is -0.738. The third kappa shape index (κ3) is 4.14. The fourth-order valence-electron chi connectivity index (χ4n) is 2.28. The second kappa shape index (κ2) is 6.62. The van der Waals surface area contributed by atoms with Crippen molar-refractivity contribution in [1.82, 2.24) is 4.57 Å². The van der Waals surface area contributed by atoms with Gasteiger partial charge in [-0.05, 0) is 49.1 Å². The highest BCUT2D eigenvalue weighted by molar-refractivity contribution is 6.30. The Morgan fingerprint density at radius 1 is 1.30 bits per heavy atom. The average Bonchev–Trinajstić information content (AvgIpc) is 2.72. The number of carboxylic acids is 1. The van der Waals surface area contributed by atoms with Crippen LogP contribution in [0.4, 0.5) is 0 Å². The molecule has 1 aromatic carbocycles. The molecule has 106 valence electrons. The number of benzene rings is 1. The van der Waals surface area contributed by atoms with E-state index in [-0.39, 0.29) is 6.42 Å². The second-order valence-corrected chi connectivity index (χ2v) is 5.45. The van der Waals surface area contributed by atoms with Crippen molar-refractivity contribution in [3.8, 4) is 0 Å². The van der Waals surface area contributed by atoms with E-state index in [9.17, 15) is 4.79 Å². The Labute approximate surface area is 123 Å². The first kappa shape index (κ1) is 14.7. The number of carbonyl (C=O) groups is 1. The zero-order valence-corrected chi connectivity index (χ0v) is 12.2. The van der Waals surface area contributed by atoms with E-state index in [1.165, 1.54) is 16.8 Å². The summed E-state index contributed by atoms with van der Waals surface area (Å²) in [4.78, 5) is 10.6. The highest BCUT2D eigenvalue weighted by Crippen LogP contribution is 2.15. The van der Waals surface area contributed by atoms with E-state index in [1.807, 2.05) is 24.3 Å². The SMILES string of the molecule is Cc1cc(CCCC(=O)O)n(Cc2ccc(Cl)cc2)c1. The predicted octanol–water partition coefficient (Wildman–Crippen LogP) is 3.91. The lowest BCUT2D eigenvalue weighted by Gasteiger charge is -2.09. The van der Waals surface area contributed by atoms with Gasteiger partial charge in [0, 0.05) is 29.9 Å². The number of halogens is 1. The zero-order valence-electron chi connectivity index (χ0n) is 11.5. The summed E-state index contributed by atoms with van der Waals surface area (Å²) in [6.45, 7) is 2.84. The third-order valence-electron chi connectivity index (χ3n) is 3.21. The number of aryl methyl sites for hydroxylation is 2. The first-order valence-electron chi connectivity index (χ1n) is 6.66. The Morgan fingerprint density at radius 2 is 2.00 bits per heavy atom. The van der Waals surface area contributed by atoms with Crippen molar-refractivity contribution in [3.63, 3.8) is 0 Å². The van der Waals surface area contributed by atoms with Crippen LogP contribution in [-0.2, 0) is 17.8 Å². The smallest absolute Gasteiger partial charge is 0.303 e. The molecule has 1 heterocycles. The van der Waals surface area contributed by atoms with Gasteiger partial charge in [0.15, 0.2) is 0 Å². The van der Waals surface area contributed by atoms with Crippen molar-refractivity contribution in [2.75, 3.05) is 0 Å². The maximum absolute atomic E-state index is 10.6. The monoisotopic (exact) mass is 291 g/mol. The Hall–Kier alpha value is -1.74. The van der Waals surface area contributed by atoms with Crippen LogP contribution >= 0.6 is 11.6 Å². The van der Waals surface area contributed by atoms with E-state index in [4.69, 9.17) is 16.7 Å². The molecule has 0 amide bonds. The molecule has 0 spiro atoms. The molecule has 0 saturated heterocycles. The molecular weight excluding hydrogens is 274 g/mol. The molecule has 3 nitrogen and oxygen atoms in total. The molecule has 2 aromatic rings. The number of hydrogen-bond acceptors (Lipinski definition) is 1. The Kier molecular flexibility index (Phi) is 4.85. The molecular formula is C16H18ClNO2. The highest BCUT2D eigenvalue weighted by atomic mass is 35.5. The van der Waals surface area contributed by atoms with Gasteiger partial charge in [0.25, 0.3) is 0 Å². The van der Waals surface area contributed by atoms with E-state index < -0.39 is 5.97 Å². The van der Waals surface area contributed by atoms with Crippen molar-refractivity contribution < 1.29 is 9.90 Å². The molecule has 0 aliphatic heterocycles. The van der Waals surface area contributed by atoms with Gasteiger partial charge in [-0.15, -0.1) is 0 Å². The van der Waals surface area contributed by atoms with Gasteiger partial charge >= 0.3 is 5.97 Å². The maximum Gasteiger partial charge on any atom is 0.303 e. The molecule has 0 aliphatic carbocycles. The van der Waals surface area contributed by atoms with Crippen molar-refractivity contribution >= 4 is 17.6 Å². The summed E-state index contributed by atoms with van der Waals surface area (Å²) in [5, 5.41) is 9.44. The van der Waals surface area contributed by atoms with Crippen molar-refractivity contribution in [3.05, 3.63) is 58.4 Å². The maximum atomic E-state index is 10.6. The van der Waals surface area contributed by atoms with Gasteiger partial charge in [-0.1, -0.05) is 23.7 Å². The molecule has 0 bridgehead atoms. The Bertz CT molecular complexity index is 587. The zero-order chi connectivity index (χ0) is 14.5. The summed E-state index contributed by atoms with van der Waals surface area (Å²) in [7, 11) is 0. The fraction of sp³-hybridized carbons (Fsp3) is 0.312. The van der Waals surface area contributed by atoms with Crippen LogP contribution in [0.2, 0.25) is 5.02 Å². The lowest BCUT2D eigenvalue weighted by molar-refractivity contribution is -0.137. The third-order valence-corrected chi connectivity index (χ3v) is 3.46. The van der Waals surface area contributed by atoms with Gasteiger partial charge in [-0.25, -0.2) is 0 Å². The van der Waals surface area contributed by atoms with E-state index >= 15 is 0 Å². The van der Waals surface area contributed by atoms with Crippen LogP contribution in [0.5, 0.6) is 0 Å². The number of carboxylic acid groups (broad SMARTS) is 1. The lowest BCUT2D eigenvalue weighted by atomic mass is 10.1. The Morgan fingerprint density at radius 3 is 2.65 bits per heavy atom. The van der Waals surface area contributed by atoms with E-state index in [0.717, 1.165) is 18.0 Å². The topological polar surface area (TPSA) is 42.2 Å². The second-order valence-electron chi connectivity index (χ2n) is 5.01. The van der Waals surface area contributed by atoms with Crippen molar-refractivity contribution in [2.45, 2.75) is 32.7 Å². The minimum Gasteiger partial charge on any atom is -0.481 e. The first-order chi connectivity index (χ1) is 9.54. The molecule has 0 unspecified atom stereocenters. The quantitative estimate of drug-likeness (QED) is 0.877. The predicted molar refractivity (Wildman–Crippen MR) is 80.3 cm³/mol. The summed E-state index contributed by atoms with van der Waals surface area (Å²) < 4.78 is 2.18. The van der Waals surface area contributed by atoms with Gasteiger partial charge in [0.2, 0.25) is 0 Å². The Balaban J connectivity index is 2.07. The molecule has 0 radical (unpaired) electrons. The highest BCUT2D eigenvalue weighted by Gasteiger charge is 2.06. The standard InChI is InChI=1S/C16H18ClNO2/c1-12-9-15(3-2-4-16(19)20)18(10-12)11-13-5-7-14(17)8-6-13/h5-10H,2-4,11H2,1H3,(H,19,20). The summed E-state index contributed by atoms with van der Waals surface area (Å²) >= 11 is 5.89. The fourth-order valence-corrected chi connectivity index (χ4v) is 2.41. The van der Waals surface area contributed by atoms with Crippen LogP contribution in [0.1, 0.15) is 29.7 Å². The minimum atomic E-state index is -0.738. The van der Waals surface area contributed by atoms with Crippen LogP contribution < -0.4 is 0 Å². The van der Waals surface area contributed by atoms with Crippen LogP contribution in [0.15, 0.2) is 36.5 Å². The van der Waals surface area contributed by atoms with E-state index in [1.54, 1.807) is 0 Å². The van der Waals surface area contributed by atoms with Gasteiger partial charge in [-0.2, -0.15) is 0 Å². The molecule has 2 rings (SSSR count). The average molecular weight is 292 g/mol. The van der Waals surface area contributed by atoms with E-state index in [2.05, 4.69) is 23.8 Å². The lowest BCUT2D eigenvalue weighted by Crippen LogP contribution is -2.04. The molecule has 0 fully saturated rings. The minimum absolute atomic E-state index is 0.213. The molecule has 1 aromatic heterocycles. The number of aliphatic carboxylic acids is 1. The molecule has 20 heavy (non-hydrogen) atoms. The van der Waals surface area contributed by atoms with Gasteiger partial charge in [0.1, 0.15) is 0 Å². The number of nitrogens with zero attached hydrogens (tertiary/aromatic N) is 1. The van der Waals surface area contributed by atoms with Gasteiger partial charge in [0.05, 0.1) is 0 Å². The molecule has 1 N–H and O–H groups in total. The summed E-state index contributed by atoms with van der Waals surface area (Å²) in [5.41, 5.74) is 3.56. The summed E-state index contributed by atoms with van der Waals surface area (Å²) in [6.07, 6.45) is 3.77. The van der Waals surface area contributed by atoms with E-state index in [0.29, 0.717) is 6.42 Å². The molecule has 0 aliphatic rings. The summed E-state index contributed by atoms with van der Waals surface area (Å²) in [6, 6.07) is 9.92.